The lowest BCUT2D eigenvalue weighted by Crippen LogP contribution is -1.81. The standard InChI is InChI=1S/C8H8BrClS/c1-5-7(10)4-3-6(9)8(5)11-2/h3-4H,1-2H3. The van der Waals surface area contributed by atoms with Crippen molar-refractivity contribution < 1.29 is 0 Å². The molecule has 3 heteroatoms. The highest BCUT2D eigenvalue weighted by atomic mass is 79.9. The largest absolute Gasteiger partial charge is 0.128 e. The molecule has 0 aliphatic heterocycles. The van der Waals surface area contributed by atoms with Crippen LogP contribution in [0.25, 0.3) is 0 Å². The van der Waals surface area contributed by atoms with Gasteiger partial charge in [-0.1, -0.05) is 11.6 Å². The summed E-state index contributed by atoms with van der Waals surface area (Å²) in [7, 11) is 0. The summed E-state index contributed by atoms with van der Waals surface area (Å²) in [5.74, 6) is 0. The molecule has 0 saturated carbocycles. The van der Waals surface area contributed by atoms with Gasteiger partial charge in [0.1, 0.15) is 0 Å². The summed E-state index contributed by atoms with van der Waals surface area (Å²) in [4.78, 5) is 1.22. The Morgan fingerprint density at radius 2 is 2.09 bits per heavy atom. The van der Waals surface area contributed by atoms with Gasteiger partial charge in [0.25, 0.3) is 0 Å². The van der Waals surface area contributed by atoms with E-state index in [9.17, 15) is 0 Å². The van der Waals surface area contributed by atoms with Gasteiger partial charge in [0.2, 0.25) is 0 Å². The quantitative estimate of drug-likeness (QED) is 0.676. The second-order valence-electron chi connectivity index (χ2n) is 2.19. The van der Waals surface area contributed by atoms with E-state index in [2.05, 4.69) is 15.9 Å². The third-order valence-corrected chi connectivity index (χ3v) is 3.76. The van der Waals surface area contributed by atoms with Crippen molar-refractivity contribution in [2.24, 2.45) is 0 Å². The van der Waals surface area contributed by atoms with Crippen LogP contribution in [0, 0.1) is 6.92 Å². The summed E-state index contributed by atoms with van der Waals surface area (Å²) in [6.07, 6.45) is 2.05. The molecule has 60 valence electrons. The lowest BCUT2D eigenvalue weighted by Gasteiger charge is -2.05. The van der Waals surface area contributed by atoms with Crippen LogP contribution in [0.4, 0.5) is 0 Å². The first-order valence-corrected chi connectivity index (χ1v) is 5.55. The predicted octanol–water partition coefficient (Wildman–Crippen LogP) is 4.13. The fraction of sp³-hybridized carbons (Fsp3) is 0.250. The van der Waals surface area contributed by atoms with Gasteiger partial charge in [-0.05, 0) is 46.8 Å². The van der Waals surface area contributed by atoms with Crippen LogP contribution in [0.15, 0.2) is 21.5 Å². The summed E-state index contributed by atoms with van der Waals surface area (Å²) < 4.78 is 1.12. The van der Waals surface area contributed by atoms with Crippen molar-refractivity contribution in [3.05, 3.63) is 27.2 Å². The second-order valence-corrected chi connectivity index (χ2v) is 4.27. The molecule has 0 atom stereocenters. The summed E-state index contributed by atoms with van der Waals surface area (Å²) in [5, 5.41) is 0.831. The minimum atomic E-state index is 0.831. The van der Waals surface area contributed by atoms with Gasteiger partial charge in [0.15, 0.2) is 0 Å². The van der Waals surface area contributed by atoms with Crippen LogP contribution in [0.2, 0.25) is 5.02 Å². The Hall–Kier alpha value is 0.340. The van der Waals surface area contributed by atoms with E-state index in [1.165, 1.54) is 4.90 Å². The molecule has 0 bridgehead atoms. The van der Waals surface area contributed by atoms with E-state index in [0.717, 1.165) is 15.1 Å². The van der Waals surface area contributed by atoms with Crippen molar-refractivity contribution in [3.8, 4) is 0 Å². The summed E-state index contributed by atoms with van der Waals surface area (Å²) in [6.45, 7) is 2.03. The number of hydrogen-bond acceptors (Lipinski definition) is 1. The van der Waals surface area contributed by atoms with E-state index in [1.807, 2.05) is 25.3 Å². The average molecular weight is 252 g/mol. The molecular formula is C8H8BrClS. The van der Waals surface area contributed by atoms with Gasteiger partial charge in [0.05, 0.1) is 0 Å². The monoisotopic (exact) mass is 250 g/mol. The van der Waals surface area contributed by atoms with Gasteiger partial charge in [-0.15, -0.1) is 11.8 Å². The molecule has 0 amide bonds. The second kappa shape index (κ2) is 3.83. The molecule has 1 aromatic rings. The molecule has 0 radical (unpaired) electrons. The summed E-state index contributed by atoms with van der Waals surface area (Å²) in [5.41, 5.74) is 1.15. The van der Waals surface area contributed by atoms with Crippen LogP contribution < -0.4 is 0 Å². The zero-order valence-electron chi connectivity index (χ0n) is 6.32. The topological polar surface area (TPSA) is 0 Å². The fourth-order valence-electron chi connectivity index (χ4n) is 0.885. The van der Waals surface area contributed by atoms with Gasteiger partial charge in [0, 0.05) is 14.4 Å². The Morgan fingerprint density at radius 1 is 1.45 bits per heavy atom. The molecule has 1 rings (SSSR count). The van der Waals surface area contributed by atoms with E-state index in [4.69, 9.17) is 11.6 Å². The average Bonchev–Trinajstić information content (AvgIpc) is 1.99. The Kier molecular flexibility index (Phi) is 3.29. The predicted molar refractivity (Wildman–Crippen MR) is 55.7 cm³/mol. The zero-order chi connectivity index (χ0) is 8.43. The SMILES string of the molecule is CSc1c(Br)ccc(Cl)c1C. The Balaban J connectivity index is 3.29. The highest BCUT2D eigenvalue weighted by Gasteiger charge is 2.04. The van der Waals surface area contributed by atoms with Crippen molar-refractivity contribution in [2.75, 3.05) is 6.26 Å². The first-order valence-electron chi connectivity index (χ1n) is 3.15. The smallest absolute Gasteiger partial charge is 0.0447 e. The van der Waals surface area contributed by atoms with Crippen molar-refractivity contribution in [1.29, 1.82) is 0 Å². The number of halogens is 2. The Bertz CT molecular complexity index is 273. The van der Waals surface area contributed by atoms with Crippen LogP contribution >= 0.6 is 39.3 Å². The van der Waals surface area contributed by atoms with E-state index in [1.54, 1.807) is 11.8 Å². The van der Waals surface area contributed by atoms with Crippen molar-refractivity contribution >= 4 is 39.3 Å². The number of benzene rings is 1. The first kappa shape index (κ1) is 9.43. The maximum atomic E-state index is 5.93. The van der Waals surface area contributed by atoms with Crippen molar-refractivity contribution in [2.45, 2.75) is 11.8 Å². The molecule has 0 spiro atoms. The van der Waals surface area contributed by atoms with Gasteiger partial charge < -0.3 is 0 Å². The molecule has 0 aliphatic rings. The Labute approximate surface area is 84.5 Å². The number of thioether (sulfide) groups is 1. The van der Waals surface area contributed by atoms with Crippen LogP contribution in [-0.4, -0.2) is 6.26 Å². The number of hydrogen-bond donors (Lipinski definition) is 0. The van der Waals surface area contributed by atoms with Crippen molar-refractivity contribution in [3.63, 3.8) is 0 Å². The van der Waals surface area contributed by atoms with E-state index >= 15 is 0 Å². The molecule has 0 aromatic heterocycles. The lowest BCUT2D eigenvalue weighted by atomic mass is 10.2. The van der Waals surface area contributed by atoms with Crippen molar-refractivity contribution in [1.82, 2.24) is 0 Å². The third-order valence-electron chi connectivity index (χ3n) is 1.50. The molecule has 0 unspecified atom stereocenters. The highest BCUT2D eigenvalue weighted by molar-refractivity contribution is 9.10. The van der Waals surface area contributed by atoms with Crippen LogP contribution in [0.3, 0.4) is 0 Å². The lowest BCUT2D eigenvalue weighted by molar-refractivity contribution is 1.27. The minimum Gasteiger partial charge on any atom is -0.128 e. The van der Waals surface area contributed by atoms with E-state index in [-0.39, 0.29) is 0 Å². The minimum absolute atomic E-state index is 0.831. The molecule has 0 fully saturated rings. The Morgan fingerprint density at radius 3 is 2.55 bits per heavy atom. The van der Waals surface area contributed by atoms with Gasteiger partial charge >= 0.3 is 0 Å². The molecule has 0 aliphatic carbocycles. The normalized spacial score (nSPS) is 10.2. The molecule has 1 aromatic carbocycles. The van der Waals surface area contributed by atoms with Crippen LogP contribution in [0.5, 0.6) is 0 Å². The van der Waals surface area contributed by atoms with Crippen LogP contribution in [0.1, 0.15) is 5.56 Å². The maximum absolute atomic E-state index is 5.93. The summed E-state index contributed by atoms with van der Waals surface area (Å²) in [6, 6.07) is 3.88. The van der Waals surface area contributed by atoms with Gasteiger partial charge in [-0.2, -0.15) is 0 Å². The van der Waals surface area contributed by atoms with Crippen LogP contribution in [-0.2, 0) is 0 Å². The van der Waals surface area contributed by atoms with Gasteiger partial charge in [-0.25, -0.2) is 0 Å². The molecule has 0 saturated heterocycles. The molecule has 0 nitrogen and oxygen atoms in total. The number of rotatable bonds is 1. The third kappa shape index (κ3) is 1.92. The molecule has 0 N–H and O–H groups in total. The van der Waals surface area contributed by atoms with E-state index in [0.29, 0.717) is 0 Å². The maximum Gasteiger partial charge on any atom is 0.0447 e. The highest BCUT2D eigenvalue weighted by Crippen LogP contribution is 2.32. The zero-order valence-corrected chi connectivity index (χ0v) is 9.48. The first-order chi connectivity index (χ1) is 5.16. The van der Waals surface area contributed by atoms with E-state index < -0.39 is 0 Å². The van der Waals surface area contributed by atoms with Gasteiger partial charge in [-0.3, -0.25) is 0 Å². The summed E-state index contributed by atoms with van der Waals surface area (Å²) >= 11 is 11.1. The molecular weight excluding hydrogens is 244 g/mol. The fourth-order valence-corrected chi connectivity index (χ4v) is 2.69. The molecule has 11 heavy (non-hydrogen) atoms. The molecule has 0 heterocycles.